The highest BCUT2D eigenvalue weighted by atomic mass is 28.4. The zero-order valence-electron chi connectivity index (χ0n) is 20.3. The number of methoxy groups -OCH3 is 1. The predicted octanol–water partition coefficient (Wildman–Crippen LogP) is 6.30. The first kappa shape index (κ1) is 22.4. The number of ether oxygens (including phenoxy) is 1. The van der Waals surface area contributed by atoms with E-state index in [9.17, 15) is 5.11 Å². The van der Waals surface area contributed by atoms with Gasteiger partial charge in [-0.1, -0.05) is 33.8 Å². The molecule has 2 fully saturated rings. The van der Waals surface area contributed by atoms with Gasteiger partial charge in [-0.05, 0) is 97.2 Å². The van der Waals surface area contributed by atoms with Gasteiger partial charge in [-0.25, -0.2) is 0 Å². The van der Waals surface area contributed by atoms with Gasteiger partial charge in [0.25, 0.3) is 0 Å². The van der Waals surface area contributed by atoms with Crippen LogP contribution in [-0.4, -0.2) is 32.2 Å². The molecule has 0 aromatic heterocycles. The maximum Gasteiger partial charge on any atom is 0.192 e. The van der Waals surface area contributed by atoms with Crippen LogP contribution < -0.4 is 4.74 Å². The molecule has 6 atom stereocenters. The highest BCUT2D eigenvalue weighted by Gasteiger charge is 2.61. The van der Waals surface area contributed by atoms with Gasteiger partial charge in [-0.2, -0.15) is 0 Å². The van der Waals surface area contributed by atoms with Crippen molar-refractivity contribution in [3.63, 3.8) is 0 Å². The lowest BCUT2D eigenvalue weighted by atomic mass is 9.51. The Labute approximate surface area is 184 Å². The number of hydrogen-bond acceptors (Lipinski definition) is 3. The third kappa shape index (κ3) is 3.38. The van der Waals surface area contributed by atoms with Crippen molar-refractivity contribution in [1.82, 2.24) is 0 Å². The minimum Gasteiger partial charge on any atom is -0.497 e. The van der Waals surface area contributed by atoms with Crippen LogP contribution in [0.25, 0.3) is 0 Å². The Kier molecular flexibility index (Phi) is 5.28. The third-order valence-corrected chi connectivity index (χ3v) is 13.9. The first-order valence-corrected chi connectivity index (χ1v) is 14.8. The highest BCUT2D eigenvalue weighted by molar-refractivity contribution is 6.74. The van der Waals surface area contributed by atoms with Crippen molar-refractivity contribution in [3.8, 4) is 5.75 Å². The van der Waals surface area contributed by atoms with Crippen molar-refractivity contribution in [2.75, 3.05) is 7.11 Å². The van der Waals surface area contributed by atoms with Crippen LogP contribution in [0.15, 0.2) is 18.2 Å². The number of aliphatic hydroxyl groups is 1. The Hall–Kier alpha value is -0.843. The summed E-state index contributed by atoms with van der Waals surface area (Å²) in [5.41, 5.74) is 2.21. The Morgan fingerprint density at radius 2 is 1.80 bits per heavy atom. The van der Waals surface area contributed by atoms with Gasteiger partial charge in [0.1, 0.15) is 5.75 Å². The summed E-state index contributed by atoms with van der Waals surface area (Å²) >= 11 is 0. The molecule has 0 radical (unpaired) electrons. The fraction of sp³-hybridized carbons (Fsp3) is 0.769. The Morgan fingerprint density at radius 1 is 1.10 bits per heavy atom. The molecule has 1 aromatic carbocycles. The van der Waals surface area contributed by atoms with Crippen LogP contribution in [0, 0.1) is 17.3 Å². The molecule has 3 nitrogen and oxygen atoms in total. The van der Waals surface area contributed by atoms with Gasteiger partial charge in [0.05, 0.1) is 18.8 Å². The first-order valence-electron chi connectivity index (χ1n) is 11.9. The van der Waals surface area contributed by atoms with E-state index in [-0.39, 0.29) is 10.5 Å². The molecule has 1 N–H and O–H groups in total. The number of benzene rings is 1. The molecule has 0 bridgehead atoms. The largest absolute Gasteiger partial charge is 0.497 e. The van der Waals surface area contributed by atoms with E-state index in [1.165, 1.54) is 24.0 Å². The fourth-order valence-electron chi connectivity index (χ4n) is 6.76. The van der Waals surface area contributed by atoms with Crippen molar-refractivity contribution in [2.24, 2.45) is 17.3 Å². The van der Waals surface area contributed by atoms with E-state index < -0.39 is 13.9 Å². The minimum atomic E-state index is -1.82. The van der Waals surface area contributed by atoms with Crippen LogP contribution in [0.2, 0.25) is 18.1 Å². The number of hydrogen-bond donors (Lipinski definition) is 1. The third-order valence-electron chi connectivity index (χ3n) is 9.44. The maximum absolute atomic E-state index is 11.7. The smallest absolute Gasteiger partial charge is 0.192 e. The van der Waals surface area contributed by atoms with E-state index >= 15 is 0 Å². The Balaban J connectivity index is 1.66. The molecule has 0 heterocycles. The van der Waals surface area contributed by atoms with Crippen molar-refractivity contribution < 1.29 is 14.3 Å². The summed E-state index contributed by atoms with van der Waals surface area (Å²) in [5.74, 6) is 2.17. The van der Waals surface area contributed by atoms with Gasteiger partial charge in [0, 0.05) is 6.42 Å². The summed E-state index contributed by atoms with van der Waals surface area (Å²) in [6.07, 6.45) is 5.71. The summed E-state index contributed by atoms with van der Waals surface area (Å²) in [6.45, 7) is 16.3. The molecule has 4 rings (SSSR count). The number of fused-ring (bicyclic) bond motifs is 5. The zero-order valence-corrected chi connectivity index (χ0v) is 21.3. The molecule has 4 heteroatoms. The first-order chi connectivity index (χ1) is 13.8. The van der Waals surface area contributed by atoms with Crippen LogP contribution in [0.5, 0.6) is 5.75 Å². The summed E-state index contributed by atoms with van der Waals surface area (Å²) in [6, 6.07) is 6.51. The van der Waals surface area contributed by atoms with Crippen LogP contribution in [-0.2, 0) is 10.8 Å². The standard InChI is InChI=1S/C26H42O3Si/c1-24(2,3)30(7,8)29-22-12-11-21-23-20(13-14-25(21,22)4)19-10-9-18(28-6)15-17(19)16-26(23,5)27/h9-10,15,20-23,27H,11-14,16H2,1-8H3/t20-,21+,22+,23-,25+,26+/m1/s1. The summed E-state index contributed by atoms with van der Waals surface area (Å²) in [4.78, 5) is 0. The normalized spacial score (nSPS) is 38.6. The average Bonchev–Trinajstić information content (AvgIpc) is 2.95. The van der Waals surface area contributed by atoms with Crippen molar-refractivity contribution in [3.05, 3.63) is 29.3 Å². The second-order valence-corrected chi connectivity index (χ2v) is 17.1. The molecule has 1 aromatic rings. The van der Waals surface area contributed by atoms with Crippen LogP contribution in [0.4, 0.5) is 0 Å². The molecule has 2 saturated carbocycles. The molecule has 3 aliphatic carbocycles. The summed E-state index contributed by atoms with van der Waals surface area (Å²) < 4.78 is 12.5. The van der Waals surface area contributed by atoms with Gasteiger partial charge in [0.15, 0.2) is 8.32 Å². The van der Waals surface area contributed by atoms with Gasteiger partial charge in [0.2, 0.25) is 0 Å². The lowest BCUT2D eigenvalue weighted by Crippen LogP contribution is -2.56. The Bertz CT molecular complexity index is 809. The van der Waals surface area contributed by atoms with E-state index in [1.807, 2.05) is 0 Å². The number of rotatable bonds is 3. The van der Waals surface area contributed by atoms with Gasteiger partial charge < -0.3 is 14.3 Å². The molecule has 168 valence electrons. The lowest BCUT2D eigenvalue weighted by molar-refractivity contribution is -0.107. The molecule has 0 amide bonds. The molecular formula is C26H42O3Si. The lowest BCUT2D eigenvalue weighted by Gasteiger charge is -2.56. The van der Waals surface area contributed by atoms with E-state index in [4.69, 9.17) is 9.16 Å². The molecule has 0 saturated heterocycles. The predicted molar refractivity (Wildman–Crippen MR) is 126 cm³/mol. The second-order valence-electron chi connectivity index (χ2n) is 12.3. The van der Waals surface area contributed by atoms with Crippen molar-refractivity contribution in [1.29, 1.82) is 0 Å². The molecule has 0 spiro atoms. The van der Waals surface area contributed by atoms with E-state index in [0.29, 0.717) is 23.9 Å². The topological polar surface area (TPSA) is 38.7 Å². The van der Waals surface area contributed by atoms with Crippen LogP contribution >= 0.6 is 0 Å². The molecular weight excluding hydrogens is 388 g/mol. The van der Waals surface area contributed by atoms with Gasteiger partial charge in [-0.15, -0.1) is 0 Å². The minimum absolute atomic E-state index is 0.171. The van der Waals surface area contributed by atoms with Crippen molar-refractivity contribution >= 4 is 8.32 Å². The Morgan fingerprint density at radius 3 is 2.43 bits per heavy atom. The quantitative estimate of drug-likeness (QED) is 0.572. The van der Waals surface area contributed by atoms with Gasteiger partial charge >= 0.3 is 0 Å². The van der Waals surface area contributed by atoms with E-state index in [0.717, 1.165) is 25.0 Å². The van der Waals surface area contributed by atoms with E-state index in [1.54, 1.807) is 7.11 Å². The average molecular weight is 431 g/mol. The molecule has 30 heavy (non-hydrogen) atoms. The summed E-state index contributed by atoms with van der Waals surface area (Å²) in [7, 11) is -0.0963. The van der Waals surface area contributed by atoms with Crippen molar-refractivity contribution in [2.45, 2.75) is 102 Å². The maximum atomic E-state index is 11.7. The van der Waals surface area contributed by atoms with E-state index in [2.05, 4.69) is 65.9 Å². The van der Waals surface area contributed by atoms with Gasteiger partial charge in [-0.3, -0.25) is 0 Å². The summed E-state index contributed by atoms with van der Waals surface area (Å²) in [5, 5.41) is 11.9. The highest BCUT2D eigenvalue weighted by Crippen LogP contribution is 2.64. The zero-order chi connectivity index (χ0) is 22.1. The fourth-order valence-corrected chi connectivity index (χ4v) is 8.21. The second kappa shape index (κ2) is 7.08. The molecule has 3 aliphatic rings. The monoisotopic (exact) mass is 430 g/mol. The molecule has 0 aliphatic heterocycles. The van der Waals surface area contributed by atoms with Crippen LogP contribution in [0.3, 0.4) is 0 Å². The SMILES string of the molecule is COc1ccc2c(c1)C[C@](C)(O)[C@@H]1[C@@H]2CC[C@]2(C)[C@@H](O[Si](C)(C)C(C)(C)C)CC[C@@H]12. The molecule has 0 unspecified atom stereocenters. The van der Waals surface area contributed by atoms with Crippen LogP contribution in [0.1, 0.15) is 77.3 Å².